The number of nitrogens with one attached hydrogen (secondary N) is 2. The Morgan fingerprint density at radius 1 is 1.16 bits per heavy atom. The second-order valence-corrected chi connectivity index (χ2v) is 9.67. The minimum atomic E-state index is -3.98. The molecule has 1 heterocycles. The van der Waals surface area contributed by atoms with Gasteiger partial charge in [0.15, 0.2) is 0 Å². The summed E-state index contributed by atoms with van der Waals surface area (Å²) in [5.41, 5.74) is 2.90. The number of benzene rings is 2. The number of fused-ring (bicyclic) bond motifs is 1. The van der Waals surface area contributed by atoms with E-state index in [2.05, 4.69) is 10.6 Å². The molecule has 1 aliphatic rings. The normalized spacial score (nSPS) is 16.4. The van der Waals surface area contributed by atoms with Crippen LogP contribution in [0.1, 0.15) is 49.4 Å². The monoisotopic (exact) mass is 443 g/mol. The lowest BCUT2D eigenvalue weighted by molar-refractivity contribution is -0.122. The Hall–Kier alpha value is -2.71. The Kier molecular flexibility index (Phi) is 7.12. The Morgan fingerprint density at radius 2 is 1.90 bits per heavy atom. The third-order valence-corrected chi connectivity index (χ3v) is 7.30. The Morgan fingerprint density at radius 3 is 2.61 bits per heavy atom. The predicted molar refractivity (Wildman–Crippen MR) is 120 cm³/mol. The van der Waals surface area contributed by atoms with Crippen molar-refractivity contribution in [1.82, 2.24) is 9.62 Å². The van der Waals surface area contributed by atoms with Crippen LogP contribution in [0.25, 0.3) is 0 Å². The van der Waals surface area contributed by atoms with Crippen LogP contribution >= 0.6 is 0 Å². The molecule has 8 heteroatoms. The van der Waals surface area contributed by atoms with Crippen molar-refractivity contribution < 1.29 is 18.0 Å². The largest absolute Gasteiger partial charge is 0.356 e. The molecule has 31 heavy (non-hydrogen) atoms. The molecule has 0 spiro atoms. The summed E-state index contributed by atoms with van der Waals surface area (Å²) in [7, 11) is -3.98. The number of anilines is 1. The standard InChI is InChI=1S/C23H29N3O4S/c1-4-12-24-23(28)15-21-19-8-6-5-7-18(19)11-13-26(21)31(29,30)22-14-16(2)9-10-20(22)25-17(3)27/h5-10,14,21H,4,11-13,15H2,1-3H3,(H,24,28)(H,25,27)/t21-/m0/s1. The van der Waals surface area contributed by atoms with Gasteiger partial charge in [-0.15, -0.1) is 0 Å². The number of sulfonamides is 1. The van der Waals surface area contributed by atoms with Gasteiger partial charge in [0.2, 0.25) is 21.8 Å². The molecule has 2 amide bonds. The summed E-state index contributed by atoms with van der Waals surface area (Å²) in [5.74, 6) is -0.533. The number of hydrogen-bond donors (Lipinski definition) is 2. The van der Waals surface area contributed by atoms with Crippen LogP contribution in [0, 0.1) is 6.92 Å². The van der Waals surface area contributed by atoms with Gasteiger partial charge in [0.1, 0.15) is 4.90 Å². The highest BCUT2D eigenvalue weighted by molar-refractivity contribution is 7.89. The number of carbonyl (C=O) groups is 2. The molecule has 2 aromatic rings. The minimum absolute atomic E-state index is 0.0392. The number of nitrogens with zero attached hydrogens (tertiary/aromatic N) is 1. The van der Waals surface area contributed by atoms with Gasteiger partial charge in [-0.25, -0.2) is 8.42 Å². The van der Waals surface area contributed by atoms with Crippen molar-refractivity contribution in [3.8, 4) is 0 Å². The minimum Gasteiger partial charge on any atom is -0.356 e. The van der Waals surface area contributed by atoms with E-state index in [4.69, 9.17) is 0 Å². The average Bonchev–Trinajstić information content (AvgIpc) is 2.73. The molecule has 1 aliphatic heterocycles. The van der Waals surface area contributed by atoms with Crippen LogP contribution < -0.4 is 10.6 Å². The van der Waals surface area contributed by atoms with Crippen LogP contribution in [0.5, 0.6) is 0 Å². The molecule has 0 saturated heterocycles. The van der Waals surface area contributed by atoms with Gasteiger partial charge in [-0.3, -0.25) is 9.59 Å². The smallest absolute Gasteiger partial charge is 0.245 e. The van der Waals surface area contributed by atoms with Crippen LogP contribution in [0.4, 0.5) is 5.69 Å². The molecule has 0 aliphatic carbocycles. The van der Waals surface area contributed by atoms with Gasteiger partial charge in [0, 0.05) is 26.4 Å². The molecular formula is C23H29N3O4S. The zero-order valence-corrected chi connectivity index (χ0v) is 19.0. The van der Waals surface area contributed by atoms with Gasteiger partial charge in [-0.1, -0.05) is 37.3 Å². The first kappa shape index (κ1) is 23.0. The maximum atomic E-state index is 13.8. The zero-order chi connectivity index (χ0) is 22.6. The molecule has 3 rings (SSSR count). The van der Waals surface area contributed by atoms with Crippen molar-refractivity contribution in [2.75, 3.05) is 18.4 Å². The second-order valence-electron chi connectivity index (χ2n) is 7.82. The highest BCUT2D eigenvalue weighted by Crippen LogP contribution is 2.38. The third-order valence-electron chi connectivity index (χ3n) is 5.35. The first-order valence-corrected chi connectivity index (χ1v) is 11.9. The van der Waals surface area contributed by atoms with E-state index in [1.54, 1.807) is 25.1 Å². The Bertz CT molecular complexity index is 1080. The van der Waals surface area contributed by atoms with E-state index in [1.165, 1.54) is 11.2 Å². The molecule has 0 unspecified atom stereocenters. The quantitative estimate of drug-likeness (QED) is 0.687. The fourth-order valence-corrected chi connectivity index (χ4v) is 5.74. The van der Waals surface area contributed by atoms with Crippen molar-refractivity contribution in [3.63, 3.8) is 0 Å². The van der Waals surface area contributed by atoms with Gasteiger partial charge < -0.3 is 10.6 Å². The first-order chi connectivity index (χ1) is 14.7. The highest BCUT2D eigenvalue weighted by atomic mass is 32.2. The van der Waals surface area contributed by atoms with E-state index in [0.29, 0.717) is 13.0 Å². The van der Waals surface area contributed by atoms with Gasteiger partial charge in [0.05, 0.1) is 11.7 Å². The molecule has 0 aromatic heterocycles. The van der Waals surface area contributed by atoms with Gasteiger partial charge in [0.25, 0.3) is 0 Å². The second kappa shape index (κ2) is 9.62. The summed E-state index contributed by atoms with van der Waals surface area (Å²) in [6.07, 6.45) is 1.40. The molecule has 0 saturated carbocycles. The van der Waals surface area contributed by atoms with E-state index in [-0.39, 0.29) is 35.4 Å². The van der Waals surface area contributed by atoms with Crippen molar-refractivity contribution >= 4 is 27.5 Å². The fraction of sp³-hybridized carbons (Fsp3) is 0.391. The van der Waals surface area contributed by atoms with E-state index in [0.717, 1.165) is 23.1 Å². The van der Waals surface area contributed by atoms with E-state index in [9.17, 15) is 18.0 Å². The molecule has 2 N–H and O–H groups in total. The Balaban J connectivity index is 2.05. The van der Waals surface area contributed by atoms with Crippen molar-refractivity contribution in [3.05, 3.63) is 59.2 Å². The molecular weight excluding hydrogens is 414 g/mol. The van der Waals surface area contributed by atoms with E-state index >= 15 is 0 Å². The summed E-state index contributed by atoms with van der Waals surface area (Å²) in [4.78, 5) is 24.3. The lowest BCUT2D eigenvalue weighted by Crippen LogP contribution is -2.42. The number of carbonyl (C=O) groups excluding carboxylic acids is 2. The maximum absolute atomic E-state index is 13.8. The van der Waals surface area contributed by atoms with Gasteiger partial charge >= 0.3 is 0 Å². The van der Waals surface area contributed by atoms with Crippen LogP contribution in [0.15, 0.2) is 47.4 Å². The molecule has 0 fully saturated rings. The summed E-state index contributed by atoms with van der Waals surface area (Å²) in [5, 5.41) is 5.48. The van der Waals surface area contributed by atoms with Crippen molar-refractivity contribution in [2.24, 2.45) is 0 Å². The van der Waals surface area contributed by atoms with Crippen molar-refractivity contribution in [1.29, 1.82) is 0 Å². The summed E-state index contributed by atoms with van der Waals surface area (Å²) >= 11 is 0. The number of hydrogen-bond acceptors (Lipinski definition) is 4. The van der Waals surface area contributed by atoms with E-state index in [1.807, 2.05) is 31.2 Å². The summed E-state index contributed by atoms with van der Waals surface area (Å²) in [6.45, 7) is 5.92. The van der Waals surface area contributed by atoms with Crippen LogP contribution in [0.3, 0.4) is 0 Å². The lowest BCUT2D eigenvalue weighted by Gasteiger charge is -2.36. The van der Waals surface area contributed by atoms with Crippen molar-refractivity contribution in [2.45, 2.75) is 51.0 Å². The number of rotatable bonds is 7. The molecule has 2 aromatic carbocycles. The lowest BCUT2D eigenvalue weighted by atomic mass is 9.92. The Labute approximate surface area is 183 Å². The summed E-state index contributed by atoms with van der Waals surface area (Å²) < 4.78 is 29.0. The molecule has 0 radical (unpaired) electrons. The molecule has 0 bridgehead atoms. The first-order valence-electron chi connectivity index (χ1n) is 10.5. The highest BCUT2D eigenvalue weighted by Gasteiger charge is 2.38. The topological polar surface area (TPSA) is 95.6 Å². The number of amides is 2. The van der Waals surface area contributed by atoms with Crippen LogP contribution in [-0.4, -0.2) is 37.6 Å². The number of aryl methyl sites for hydroxylation is 1. The average molecular weight is 444 g/mol. The molecule has 7 nitrogen and oxygen atoms in total. The maximum Gasteiger partial charge on any atom is 0.245 e. The van der Waals surface area contributed by atoms with Gasteiger partial charge in [-0.2, -0.15) is 4.31 Å². The van der Waals surface area contributed by atoms with E-state index < -0.39 is 16.1 Å². The zero-order valence-electron chi connectivity index (χ0n) is 18.1. The van der Waals surface area contributed by atoms with Crippen LogP contribution in [-0.2, 0) is 26.0 Å². The fourth-order valence-electron chi connectivity index (χ4n) is 3.90. The molecule has 166 valence electrons. The van der Waals surface area contributed by atoms with Crippen LogP contribution in [0.2, 0.25) is 0 Å². The summed E-state index contributed by atoms with van der Waals surface area (Å²) in [6, 6.07) is 12.0. The predicted octanol–water partition coefficient (Wildman–Crippen LogP) is 3.16. The van der Waals surface area contributed by atoms with Gasteiger partial charge in [-0.05, 0) is 48.6 Å². The SMILES string of the molecule is CCCNC(=O)C[C@H]1c2ccccc2CCN1S(=O)(=O)c1cc(C)ccc1NC(C)=O. The third kappa shape index (κ3) is 5.14. The molecule has 1 atom stereocenters.